The second-order valence-corrected chi connectivity index (χ2v) is 6.18. The molecule has 2 aliphatic rings. The second-order valence-electron chi connectivity index (χ2n) is 6.18. The number of carbonyl (C=O) groups excluding carboxylic acids is 1. The van der Waals surface area contributed by atoms with Gasteiger partial charge in [-0.15, -0.1) is 0 Å². The van der Waals surface area contributed by atoms with E-state index in [-0.39, 0.29) is 11.9 Å². The van der Waals surface area contributed by atoms with E-state index < -0.39 is 5.60 Å². The lowest BCUT2D eigenvalue weighted by molar-refractivity contribution is 0.0382. The van der Waals surface area contributed by atoms with Crippen LogP contribution < -0.4 is 0 Å². The van der Waals surface area contributed by atoms with Crippen LogP contribution in [0, 0.1) is 0 Å². The predicted molar refractivity (Wildman–Crippen MR) is 80.0 cm³/mol. The van der Waals surface area contributed by atoms with Crippen molar-refractivity contribution in [2.45, 2.75) is 37.3 Å². The van der Waals surface area contributed by atoms with E-state index in [0.717, 1.165) is 43.0 Å². The van der Waals surface area contributed by atoms with Crippen molar-refractivity contribution in [3.8, 4) is 0 Å². The molecule has 1 aromatic heterocycles. The lowest BCUT2D eigenvalue weighted by Crippen LogP contribution is -2.44. The highest BCUT2D eigenvalue weighted by atomic mass is 16.3. The molecule has 1 aromatic carbocycles. The molecule has 21 heavy (non-hydrogen) atoms. The lowest BCUT2D eigenvalue weighted by Gasteiger charge is -2.28. The number of aromatic nitrogens is 1. The van der Waals surface area contributed by atoms with Crippen LogP contribution in [0.3, 0.4) is 0 Å². The van der Waals surface area contributed by atoms with Crippen molar-refractivity contribution in [1.29, 1.82) is 0 Å². The van der Waals surface area contributed by atoms with Crippen molar-refractivity contribution >= 4 is 16.7 Å². The van der Waals surface area contributed by atoms with Crippen LogP contribution in [0.2, 0.25) is 0 Å². The summed E-state index contributed by atoms with van der Waals surface area (Å²) in [6, 6.07) is 9.72. The number of hydrogen-bond acceptors (Lipinski definition) is 3. The topological polar surface area (TPSA) is 53.4 Å². The van der Waals surface area contributed by atoms with E-state index in [1.807, 2.05) is 35.2 Å². The van der Waals surface area contributed by atoms with Gasteiger partial charge in [-0.25, -0.2) is 0 Å². The summed E-state index contributed by atoms with van der Waals surface area (Å²) in [6.45, 7) is 0.723. The zero-order valence-corrected chi connectivity index (χ0v) is 11.8. The molecule has 2 fully saturated rings. The largest absolute Gasteiger partial charge is 0.388 e. The smallest absolute Gasteiger partial charge is 0.272 e. The molecule has 1 atom stereocenters. The van der Waals surface area contributed by atoms with Crippen LogP contribution in [-0.2, 0) is 0 Å². The van der Waals surface area contributed by atoms with Crippen LogP contribution in [0.25, 0.3) is 10.8 Å². The summed E-state index contributed by atoms with van der Waals surface area (Å²) >= 11 is 0. The monoisotopic (exact) mass is 282 g/mol. The number of hydrogen-bond donors (Lipinski definition) is 1. The first kappa shape index (κ1) is 12.8. The Morgan fingerprint density at radius 2 is 2.05 bits per heavy atom. The fourth-order valence-corrected chi connectivity index (χ4v) is 3.38. The summed E-state index contributed by atoms with van der Waals surface area (Å²) in [4.78, 5) is 18.9. The summed E-state index contributed by atoms with van der Waals surface area (Å²) in [5.41, 5.74) is -0.159. The maximum Gasteiger partial charge on any atom is 0.272 e. The molecule has 1 aliphatic carbocycles. The van der Waals surface area contributed by atoms with Gasteiger partial charge in [-0.2, -0.15) is 0 Å². The van der Waals surface area contributed by atoms with Gasteiger partial charge < -0.3 is 10.0 Å². The van der Waals surface area contributed by atoms with Crippen LogP contribution in [0.4, 0.5) is 0 Å². The van der Waals surface area contributed by atoms with Crippen LogP contribution in [0.1, 0.15) is 36.2 Å². The van der Waals surface area contributed by atoms with Crippen LogP contribution in [0.15, 0.2) is 36.5 Å². The number of rotatable bonds is 2. The third kappa shape index (κ3) is 2.10. The molecular weight excluding hydrogens is 264 g/mol. The second kappa shape index (κ2) is 4.53. The molecule has 2 heterocycles. The van der Waals surface area contributed by atoms with E-state index in [9.17, 15) is 9.90 Å². The number of nitrogens with zero attached hydrogens (tertiary/aromatic N) is 2. The summed E-state index contributed by atoms with van der Waals surface area (Å²) in [6.07, 6.45) is 5.24. The highest BCUT2D eigenvalue weighted by molar-refractivity contribution is 5.96. The number of fused-ring (bicyclic) bond motifs is 1. The van der Waals surface area contributed by atoms with Crippen molar-refractivity contribution in [1.82, 2.24) is 9.88 Å². The van der Waals surface area contributed by atoms with Crippen molar-refractivity contribution in [3.05, 3.63) is 42.2 Å². The summed E-state index contributed by atoms with van der Waals surface area (Å²) < 4.78 is 0. The fourth-order valence-electron chi connectivity index (χ4n) is 3.38. The number of benzene rings is 1. The predicted octanol–water partition coefficient (Wildman–Crippen LogP) is 2.36. The van der Waals surface area contributed by atoms with Gasteiger partial charge in [0.25, 0.3) is 5.91 Å². The SMILES string of the molecule is O=C(c1cc2ccccc2cn1)N1CCCC1C1(O)CC1. The fraction of sp³-hybridized carbons (Fsp3) is 0.412. The molecule has 0 radical (unpaired) electrons. The third-order valence-electron chi connectivity index (χ3n) is 4.75. The average Bonchev–Trinajstić information content (AvgIpc) is 3.07. The Hall–Kier alpha value is -1.94. The normalized spacial score (nSPS) is 23.5. The van der Waals surface area contributed by atoms with Crippen LogP contribution in [-0.4, -0.2) is 39.1 Å². The molecule has 1 saturated carbocycles. The van der Waals surface area contributed by atoms with Gasteiger partial charge in [-0.3, -0.25) is 9.78 Å². The van der Waals surface area contributed by atoms with E-state index in [4.69, 9.17) is 0 Å². The molecule has 4 rings (SSSR count). The quantitative estimate of drug-likeness (QED) is 0.920. The van der Waals surface area contributed by atoms with Gasteiger partial charge in [0, 0.05) is 18.1 Å². The molecule has 108 valence electrons. The molecule has 0 bridgehead atoms. The Bertz CT molecular complexity index is 709. The molecule has 1 saturated heterocycles. The first-order chi connectivity index (χ1) is 10.2. The van der Waals surface area contributed by atoms with Gasteiger partial charge in [0.1, 0.15) is 5.69 Å². The minimum absolute atomic E-state index is 0.0294. The van der Waals surface area contributed by atoms with E-state index in [1.165, 1.54) is 0 Å². The minimum Gasteiger partial charge on any atom is -0.388 e. The van der Waals surface area contributed by atoms with Gasteiger partial charge in [-0.1, -0.05) is 24.3 Å². The number of carbonyl (C=O) groups is 1. The van der Waals surface area contributed by atoms with E-state index in [2.05, 4.69) is 4.98 Å². The molecular formula is C17H18N2O2. The molecule has 1 amide bonds. The number of aliphatic hydroxyl groups is 1. The Kier molecular flexibility index (Phi) is 2.76. The Balaban J connectivity index is 1.66. The zero-order chi connectivity index (χ0) is 14.4. The molecule has 1 N–H and O–H groups in total. The van der Waals surface area contributed by atoms with Crippen molar-refractivity contribution in [3.63, 3.8) is 0 Å². The van der Waals surface area contributed by atoms with Gasteiger partial charge in [-0.05, 0) is 37.1 Å². The van der Waals surface area contributed by atoms with Gasteiger partial charge >= 0.3 is 0 Å². The van der Waals surface area contributed by atoms with E-state index in [1.54, 1.807) is 6.20 Å². The number of likely N-dealkylation sites (tertiary alicyclic amines) is 1. The van der Waals surface area contributed by atoms with Gasteiger partial charge in [0.2, 0.25) is 0 Å². The van der Waals surface area contributed by atoms with Gasteiger partial charge in [0.05, 0.1) is 11.6 Å². The summed E-state index contributed by atoms with van der Waals surface area (Å²) in [5, 5.41) is 12.4. The molecule has 2 aromatic rings. The van der Waals surface area contributed by atoms with Crippen LogP contribution in [0.5, 0.6) is 0 Å². The standard InChI is InChI=1S/C17H18N2O2/c20-16(19-9-3-6-15(19)17(21)7-8-17)14-10-12-4-1-2-5-13(12)11-18-14/h1-2,4-5,10-11,15,21H,3,6-9H2. The Morgan fingerprint density at radius 1 is 1.29 bits per heavy atom. The molecule has 4 nitrogen and oxygen atoms in total. The van der Waals surface area contributed by atoms with E-state index >= 15 is 0 Å². The first-order valence-corrected chi connectivity index (χ1v) is 7.55. The van der Waals surface area contributed by atoms with Crippen molar-refractivity contribution in [2.75, 3.05) is 6.54 Å². The molecule has 1 unspecified atom stereocenters. The van der Waals surface area contributed by atoms with Crippen molar-refractivity contribution < 1.29 is 9.90 Å². The molecule has 4 heteroatoms. The lowest BCUT2D eigenvalue weighted by atomic mass is 10.1. The third-order valence-corrected chi connectivity index (χ3v) is 4.75. The average molecular weight is 282 g/mol. The zero-order valence-electron chi connectivity index (χ0n) is 11.8. The summed E-state index contributed by atoms with van der Waals surface area (Å²) in [7, 11) is 0. The molecule has 0 spiro atoms. The maximum atomic E-state index is 12.7. The van der Waals surface area contributed by atoms with Crippen molar-refractivity contribution in [2.24, 2.45) is 0 Å². The molecule has 1 aliphatic heterocycles. The Labute approximate surface area is 123 Å². The first-order valence-electron chi connectivity index (χ1n) is 7.55. The Morgan fingerprint density at radius 3 is 2.81 bits per heavy atom. The highest BCUT2D eigenvalue weighted by Crippen LogP contribution is 2.44. The highest BCUT2D eigenvalue weighted by Gasteiger charge is 2.52. The minimum atomic E-state index is -0.636. The summed E-state index contributed by atoms with van der Waals surface area (Å²) in [5.74, 6) is -0.0522. The van der Waals surface area contributed by atoms with Gasteiger partial charge in [0.15, 0.2) is 0 Å². The maximum absolute atomic E-state index is 12.7. The number of pyridine rings is 1. The van der Waals surface area contributed by atoms with Crippen LogP contribution >= 0.6 is 0 Å². The number of amides is 1. The van der Waals surface area contributed by atoms with E-state index in [0.29, 0.717) is 5.69 Å².